The second-order valence-electron chi connectivity index (χ2n) is 15.7. The molecule has 0 spiro atoms. The molecule has 0 fully saturated rings. The van der Waals surface area contributed by atoms with Crippen LogP contribution in [-0.2, 0) is 4.79 Å². The molecule has 0 rings (SSSR count). The first-order chi connectivity index (χ1) is 25.0. The number of carbonyl (C=O) groups is 1. The second kappa shape index (κ2) is 48.0. The molecule has 0 aliphatic carbocycles. The Morgan fingerprint density at radius 3 is 0.865 bits per heavy atom. The van der Waals surface area contributed by atoms with Gasteiger partial charge in [0.05, 0.1) is 45.1 Å². The highest BCUT2D eigenvalue weighted by molar-refractivity contribution is 5.66. The van der Waals surface area contributed by atoms with Crippen LogP contribution in [0.15, 0.2) is 12.7 Å². The molecular formula is C44H92O8. The molecule has 0 saturated carbocycles. The Balaban J connectivity index is -0.000000317. The van der Waals surface area contributed by atoms with E-state index in [0.29, 0.717) is 6.42 Å². The van der Waals surface area contributed by atoms with Gasteiger partial charge < -0.3 is 35.7 Å². The molecule has 0 aromatic carbocycles. The number of hydrogen-bond acceptors (Lipinski definition) is 7. The minimum absolute atomic E-state index is 0.0451. The van der Waals surface area contributed by atoms with Crippen LogP contribution in [0.4, 0.5) is 0 Å². The molecule has 8 nitrogen and oxygen atoms in total. The molecule has 0 atom stereocenters. The monoisotopic (exact) mass is 749 g/mol. The standard InChI is InChI=1S/C18H36.C16H32O2.C5H12O4.C5H12O2/c1-3-5-7-9-11-13-15-17-18-16-14-12-10-8-6-4-2;1-2-3-4-5-6-7-8-9-10-11-12-13-14-15-16(17)18;6-1-5(2-7,3-8)4-9;1-5(2,3-6)4-7/h3H,1,4-18H2,2H3;2-15H2,1H3,(H,17,18);6-9H,1-4H2;6-7H,3-4H2,1-2H3. The summed E-state index contributed by atoms with van der Waals surface area (Å²) < 4.78 is 0. The number of rotatable bonds is 35. The lowest BCUT2D eigenvalue weighted by Crippen LogP contribution is -2.37. The van der Waals surface area contributed by atoms with Gasteiger partial charge in [0, 0.05) is 11.8 Å². The Kier molecular flexibility index (Phi) is 53.2. The smallest absolute Gasteiger partial charge is 0.303 e. The second-order valence-corrected chi connectivity index (χ2v) is 15.7. The van der Waals surface area contributed by atoms with Gasteiger partial charge in [-0.15, -0.1) is 6.58 Å². The first-order valence-corrected chi connectivity index (χ1v) is 21.5. The molecule has 316 valence electrons. The van der Waals surface area contributed by atoms with Gasteiger partial charge >= 0.3 is 5.97 Å². The van der Waals surface area contributed by atoms with Crippen molar-refractivity contribution in [3.63, 3.8) is 0 Å². The van der Waals surface area contributed by atoms with E-state index < -0.39 is 37.8 Å². The Morgan fingerprint density at radius 2 is 0.692 bits per heavy atom. The summed E-state index contributed by atoms with van der Waals surface area (Å²) >= 11 is 0. The van der Waals surface area contributed by atoms with Gasteiger partial charge in [0.25, 0.3) is 0 Å². The average molecular weight is 749 g/mol. The van der Waals surface area contributed by atoms with Crippen molar-refractivity contribution in [3.05, 3.63) is 12.7 Å². The summed E-state index contributed by atoms with van der Waals surface area (Å²) in [5.41, 5.74) is -1.42. The Bertz CT molecular complexity index is 643. The predicted octanol–water partition coefficient (Wildman–Crippen LogP) is 10.5. The molecule has 0 aromatic heterocycles. The predicted molar refractivity (Wildman–Crippen MR) is 222 cm³/mol. The fourth-order valence-corrected chi connectivity index (χ4v) is 5.13. The van der Waals surface area contributed by atoms with Crippen LogP contribution < -0.4 is 0 Å². The highest BCUT2D eigenvalue weighted by atomic mass is 16.4. The van der Waals surface area contributed by atoms with E-state index in [1.165, 1.54) is 167 Å². The van der Waals surface area contributed by atoms with Crippen LogP contribution >= 0.6 is 0 Å². The molecule has 52 heavy (non-hydrogen) atoms. The molecule has 0 aliphatic rings. The Labute approximate surface area is 322 Å². The van der Waals surface area contributed by atoms with Crippen LogP contribution in [0.3, 0.4) is 0 Å². The van der Waals surface area contributed by atoms with Crippen molar-refractivity contribution in [3.8, 4) is 0 Å². The number of allylic oxidation sites excluding steroid dienone is 1. The summed E-state index contributed by atoms with van der Waals surface area (Å²) in [6.45, 7) is 10.4. The molecule has 0 heterocycles. The van der Waals surface area contributed by atoms with Gasteiger partial charge in [-0.2, -0.15) is 0 Å². The highest BCUT2D eigenvalue weighted by Crippen LogP contribution is 2.15. The zero-order valence-electron chi connectivity index (χ0n) is 35.1. The lowest BCUT2D eigenvalue weighted by atomic mass is 9.93. The third-order valence-corrected chi connectivity index (χ3v) is 9.45. The molecule has 0 radical (unpaired) electrons. The Hall–Kier alpha value is -1.03. The number of aliphatic hydroxyl groups excluding tert-OH is 6. The summed E-state index contributed by atoms with van der Waals surface area (Å²) in [5.74, 6) is -0.655. The largest absolute Gasteiger partial charge is 0.481 e. The lowest BCUT2D eigenvalue weighted by Gasteiger charge is -2.23. The summed E-state index contributed by atoms with van der Waals surface area (Å²) in [6.07, 6.45) is 40.7. The molecule has 8 heteroatoms. The van der Waals surface area contributed by atoms with E-state index >= 15 is 0 Å². The SMILES string of the molecule is C=CCCCCCCCCCCCCCCCC.CC(C)(CO)CO.CCCCCCCCCCCCCCCC(=O)O.OCC(CO)(CO)CO. The van der Waals surface area contributed by atoms with Crippen molar-refractivity contribution in [1.29, 1.82) is 0 Å². The third kappa shape index (κ3) is 51.1. The van der Waals surface area contributed by atoms with Crippen LogP contribution in [0, 0.1) is 10.8 Å². The highest BCUT2D eigenvalue weighted by Gasteiger charge is 2.26. The van der Waals surface area contributed by atoms with E-state index in [1.54, 1.807) is 13.8 Å². The molecular weight excluding hydrogens is 656 g/mol. The molecule has 0 bridgehead atoms. The fraction of sp³-hybridized carbons (Fsp3) is 0.932. The number of carboxylic acid groups (broad SMARTS) is 1. The molecule has 0 aromatic rings. The number of carboxylic acids is 1. The van der Waals surface area contributed by atoms with Crippen LogP contribution in [-0.4, -0.2) is 81.4 Å². The molecule has 0 amide bonds. The number of aliphatic hydroxyl groups is 6. The van der Waals surface area contributed by atoms with Crippen LogP contribution in [0.2, 0.25) is 0 Å². The van der Waals surface area contributed by atoms with Crippen molar-refractivity contribution in [2.45, 2.75) is 214 Å². The lowest BCUT2D eigenvalue weighted by molar-refractivity contribution is -0.137. The fourth-order valence-electron chi connectivity index (χ4n) is 5.13. The van der Waals surface area contributed by atoms with Crippen molar-refractivity contribution < 1.29 is 40.5 Å². The Morgan fingerprint density at radius 1 is 0.442 bits per heavy atom. The minimum Gasteiger partial charge on any atom is -0.481 e. The molecule has 0 saturated heterocycles. The maximum absolute atomic E-state index is 10.3. The van der Waals surface area contributed by atoms with E-state index in [1.807, 2.05) is 6.08 Å². The van der Waals surface area contributed by atoms with Gasteiger partial charge in [0.2, 0.25) is 0 Å². The molecule has 0 aliphatic heterocycles. The quantitative estimate of drug-likeness (QED) is 0.0249. The van der Waals surface area contributed by atoms with E-state index in [9.17, 15) is 4.79 Å². The van der Waals surface area contributed by atoms with Gasteiger partial charge in [-0.25, -0.2) is 0 Å². The minimum atomic E-state index is -1.11. The van der Waals surface area contributed by atoms with E-state index in [0.717, 1.165) is 12.8 Å². The van der Waals surface area contributed by atoms with Crippen molar-refractivity contribution in [2.24, 2.45) is 10.8 Å². The summed E-state index contributed by atoms with van der Waals surface area (Å²) in [5, 5.41) is 59.3. The van der Waals surface area contributed by atoms with Crippen molar-refractivity contribution >= 4 is 5.97 Å². The average Bonchev–Trinajstić information content (AvgIpc) is 3.15. The van der Waals surface area contributed by atoms with Crippen molar-refractivity contribution in [1.82, 2.24) is 0 Å². The first kappa shape index (κ1) is 57.7. The first-order valence-electron chi connectivity index (χ1n) is 21.5. The summed E-state index contributed by atoms with van der Waals surface area (Å²) in [6, 6.07) is 0. The third-order valence-electron chi connectivity index (χ3n) is 9.45. The zero-order valence-corrected chi connectivity index (χ0v) is 35.1. The topological polar surface area (TPSA) is 159 Å². The maximum atomic E-state index is 10.3. The normalized spacial score (nSPS) is 11.1. The van der Waals surface area contributed by atoms with E-state index in [-0.39, 0.29) is 18.6 Å². The van der Waals surface area contributed by atoms with E-state index in [2.05, 4.69) is 20.4 Å². The van der Waals surface area contributed by atoms with Crippen LogP contribution in [0.1, 0.15) is 214 Å². The summed E-state index contributed by atoms with van der Waals surface area (Å²) in [7, 11) is 0. The number of aliphatic carboxylic acids is 1. The van der Waals surface area contributed by atoms with Crippen LogP contribution in [0.5, 0.6) is 0 Å². The maximum Gasteiger partial charge on any atom is 0.303 e. The molecule has 0 unspecified atom stereocenters. The van der Waals surface area contributed by atoms with E-state index in [4.69, 9.17) is 35.7 Å². The summed E-state index contributed by atoms with van der Waals surface area (Å²) in [4.78, 5) is 10.3. The van der Waals surface area contributed by atoms with Gasteiger partial charge in [0.1, 0.15) is 0 Å². The van der Waals surface area contributed by atoms with Crippen molar-refractivity contribution in [2.75, 3.05) is 39.6 Å². The van der Waals surface area contributed by atoms with Gasteiger partial charge in [-0.1, -0.05) is 194 Å². The van der Waals surface area contributed by atoms with Gasteiger partial charge in [-0.05, 0) is 19.3 Å². The van der Waals surface area contributed by atoms with Gasteiger partial charge in [0.15, 0.2) is 0 Å². The van der Waals surface area contributed by atoms with Crippen LogP contribution in [0.25, 0.3) is 0 Å². The van der Waals surface area contributed by atoms with Gasteiger partial charge in [-0.3, -0.25) is 4.79 Å². The number of unbranched alkanes of at least 4 members (excludes halogenated alkanes) is 26. The number of hydrogen-bond donors (Lipinski definition) is 7. The zero-order chi connectivity index (χ0) is 40.0. The molecule has 7 N–H and O–H groups in total.